The number of hydrogen-bond donors (Lipinski definition) is 0. The highest BCUT2D eigenvalue weighted by atomic mass is 35.5. The highest BCUT2D eigenvalue weighted by Crippen LogP contribution is 2.28. The van der Waals surface area contributed by atoms with Crippen molar-refractivity contribution in [2.75, 3.05) is 6.61 Å². The molecule has 1 saturated heterocycles. The SMILES string of the molecule is Clc1cncc(C2[C]OCCC2)c1. The summed E-state index contributed by atoms with van der Waals surface area (Å²) in [5.41, 5.74) is 1.09. The molecule has 2 rings (SSSR count). The van der Waals surface area contributed by atoms with Crippen molar-refractivity contribution in [2.45, 2.75) is 18.8 Å². The first-order valence-electron chi connectivity index (χ1n) is 4.34. The van der Waals surface area contributed by atoms with E-state index in [4.69, 9.17) is 16.3 Å². The molecule has 1 aromatic rings. The molecule has 68 valence electrons. The molecule has 0 N–H and O–H groups in total. The predicted octanol–water partition coefficient (Wildman–Crippen LogP) is 2.67. The maximum absolute atomic E-state index is 5.83. The Balaban J connectivity index is 2.14. The molecule has 13 heavy (non-hydrogen) atoms. The zero-order valence-electron chi connectivity index (χ0n) is 7.16. The van der Waals surface area contributed by atoms with Crippen molar-refractivity contribution in [1.29, 1.82) is 0 Å². The van der Waals surface area contributed by atoms with E-state index in [9.17, 15) is 0 Å². The molecule has 1 aliphatic heterocycles. The second-order valence-corrected chi connectivity index (χ2v) is 3.53. The summed E-state index contributed by atoms with van der Waals surface area (Å²) in [6, 6.07) is 1.92. The minimum Gasteiger partial charge on any atom is -0.368 e. The number of rotatable bonds is 1. The second-order valence-electron chi connectivity index (χ2n) is 3.10. The maximum atomic E-state index is 5.83. The molecule has 1 aromatic heterocycles. The van der Waals surface area contributed by atoms with Crippen LogP contribution in [0.5, 0.6) is 0 Å². The van der Waals surface area contributed by atoms with Crippen molar-refractivity contribution in [2.24, 2.45) is 0 Å². The summed E-state index contributed by atoms with van der Waals surface area (Å²) in [7, 11) is 0. The van der Waals surface area contributed by atoms with Crippen molar-refractivity contribution in [3.05, 3.63) is 35.7 Å². The molecule has 1 atom stereocenters. The van der Waals surface area contributed by atoms with Crippen molar-refractivity contribution in [1.82, 2.24) is 4.98 Å². The lowest BCUT2D eigenvalue weighted by atomic mass is 9.95. The van der Waals surface area contributed by atoms with E-state index in [0.29, 0.717) is 5.02 Å². The molecular weight excluding hydrogens is 186 g/mol. The van der Waals surface area contributed by atoms with Crippen LogP contribution in [0, 0.1) is 6.61 Å². The molecule has 0 aromatic carbocycles. The van der Waals surface area contributed by atoms with E-state index in [1.165, 1.54) is 0 Å². The Hall–Kier alpha value is -0.600. The smallest absolute Gasteiger partial charge is 0.140 e. The summed E-state index contributed by atoms with van der Waals surface area (Å²) in [5.74, 6) is 0.236. The van der Waals surface area contributed by atoms with Gasteiger partial charge < -0.3 is 4.74 Å². The standard InChI is InChI=1S/C10H10ClNO/c11-10-4-9(5-12-6-10)8-2-1-3-13-7-8/h4-6,8H,1-3H2. The number of pyridine rings is 1. The topological polar surface area (TPSA) is 22.1 Å². The first-order chi connectivity index (χ1) is 6.36. The maximum Gasteiger partial charge on any atom is 0.140 e. The van der Waals surface area contributed by atoms with Gasteiger partial charge in [-0.3, -0.25) is 4.98 Å². The highest BCUT2D eigenvalue weighted by molar-refractivity contribution is 6.30. The van der Waals surface area contributed by atoms with Crippen LogP contribution in [0.25, 0.3) is 0 Å². The molecule has 0 aliphatic carbocycles. The molecule has 3 heteroatoms. The third-order valence-corrected chi connectivity index (χ3v) is 2.30. The summed E-state index contributed by atoms with van der Waals surface area (Å²) < 4.78 is 5.16. The minimum atomic E-state index is 0.236. The van der Waals surface area contributed by atoms with Crippen LogP contribution in [-0.4, -0.2) is 11.6 Å². The zero-order valence-corrected chi connectivity index (χ0v) is 7.92. The lowest BCUT2D eigenvalue weighted by Crippen LogP contribution is -2.10. The average Bonchev–Trinajstić information content (AvgIpc) is 2.19. The van der Waals surface area contributed by atoms with Crippen molar-refractivity contribution >= 4 is 11.6 Å². The van der Waals surface area contributed by atoms with Gasteiger partial charge in [0.1, 0.15) is 6.61 Å². The Morgan fingerprint density at radius 2 is 2.46 bits per heavy atom. The molecular formula is C10H10ClNO. The van der Waals surface area contributed by atoms with Gasteiger partial charge in [0.05, 0.1) is 5.02 Å². The fourth-order valence-corrected chi connectivity index (χ4v) is 1.61. The van der Waals surface area contributed by atoms with Crippen molar-refractivity contribution in [3.63, 3.8) is 0 Å². The van der Waals surface area contributed by atoms with Gasteiger partial charge in [0, 0.05) is 24.9 Å². The van der Waals surface area contributed by atoms with Crippen molar-refractivity contribution < 1.29 is 4.74 Å². The highest BCUT2D eigenvalue weighted by Gasteiger charge is 2.17. The van der Waals surface area contributed by atoms with Crippen LogP contribution < -0.4 is 0 Å². The third-order valence-electron chi connectivity index (χ3n) is 2.09. The first kappa shape index (κ1) is 8.97. The fraction of sp³-hybridized carbons (Fsp3) is 0.400. The van der Waals surface area contributed by atoms with E-state index in [1.54, 1.807) is 6.20 Å². The lowest BCUT2D eigenvalue weighted by molar-refractivity contribution is 0.140. The van der Waals surface area contributed by atoms with E-state index < -0.39 is 0 Å². The number of hydrogen-bond acceptors (Lipinski definition) is 2. The first-order valence-corrected chi connectivity index (χ1v) is 4.72. The Kier molecular flexibility index (Phi) is 2.81. The molecule has 0 amide bonds. The molecule has 2 radical (unpaired) electrons. The quantitative estimate of drug-likeness (QED) is 0.688. The van der Waals surface area contributed by atoms with E-state index in [2.05, 4.69) is 11.6 Å². The molecule has 1 unspecified atom stereocenters. The summed E-state index contributed by atoms with van der Waals surface area (Å²) >= 11 is 5.83. The van der Waals surface area contributed by atoms with E-state index in [-0.39, 0.29) is 5.92 Å². The van der Waals surface area contributed by atoms with Crippen molar-refractivity contribution in [3.8, 4) is 0 Å². The largest absolute Gasteiger partial charge is 0.368 e. The zero-order chi connectivity index (χ0) is 9.10. The van der Waals surface area contributed by atoms with Gasteiger partial charge >= 0.3 is 0 Å². The molecule has 2 nitrogen and oxygen atoms in total. The lowest BCUT2D eigenvalue weighted by Gasteiger charge is -2.20. The molecule has 2 heterocycles. The fourth-order valence-electron chi connectivity index (χ4n) is 1.43. The molecule has 0 spiro atoms. The summed E-state index contributed by atoms with van der Waals surface area (Å²) in [6.07, 6.45) is 5.60. The Bertz CT molecular complexity index is 284. The third kappa shape index (κ3) is 2.20. The summed E-state index contributed by atoms with van der Waals surface area (Å²) in [4.78, 5) is 4.03. The van der Waals surface area contributed by atoms with Crippen LogP contribution in [0.15, 0.2) is 18.5 Å². The number of aromatic nitrogens is 1. The second kappa shape index (κ2) is 4.07. The predicted molar refractivity (Wildman–Crippen MR) is 50.4 cm³/mol. The molecule has 1 fully saturated rings. The molecule has 1 aliphatic rings. The van der Waals surface area contributed by atoms with E-state index >= 15 is 0 Å². The Morgan fingerprint density at radius 3 is 3.15 bits per heavy atom. The van der Waals surface area contributed by atoms with E-state index in [1.807, 2.05) is 12.3 Å². The van der Waals surface area contributed by atoms with Gasteiger partial charge in [-0.2, -0.15) is 0 Å². The van der Waals surface area contributed by atoms with Gasteiger partial charge in [0.2, 0.25) is 0 Å². The van der Waals surface area contributed by atoms with Crippen LogP contribution in [0.1, 0.15) is 24.3 Å². The van der Waals surface area contributed by atoms with Gasteiger partial charge in [-0.15, -0.1) is 0 Å². The van der Waals surface area contributed by atoms with Gasteiger partial charge in [-0.05, 0) is 24.5 Å². The van der Waals surface area contributed by atoms with Gasteiger partial charge in [0.15, 0.2) is 0 Å². The normalized spacial score (nSPS) is 23.0. The van der Waals surface area contributed by atoms with E-state index in [0.717, 1.165) is 25.0 Å². The summed E-state index contributed by atoms with van der Waals surface area (Å²) in [5, 5.41) is 0.671. The van der Waals surface area contributed by atoms with Gasteiger partial charge in [0.25, 0.3) is 0 Å². The Labute approximate surface area is 82.9 Å². The number of halogens is 1. The van der Waals surface area contributed by atoms with Crippen LogP contribution in [0.4, 0.5) is 0 Å². The average molecular weight is 196 g/mol. The van der Waals surface area contributed by atoms with Gasteiger partial charge in [-0.25, -0.2) is 0 Å². The van der Waals surface area contributed by atoms with Gasteiger partial charge in [-0.1, -0.05) is 11.6 Å². The number of nitrogens with zero attached hydrogens (tertiary/aromatic N) is 1. The molecule has 0 saturated carbocycles. The Morgan fingerprint density at radius 1 is 1.54 bits per heavy atom. The van der Waals surface area contributed by atoms with Crippen LogP contribution in [0.3, 0.4) is 0 Å². The summed E-state index contributed by atoms with van der Waals surface area (Å²) in [6.45, 7) is 3.75. The molecule has 0 bridgehead atoms. The monoisotopic (exact) mass is 195 g/mol. The minimum absolute atomic E-state index is 0.236. The van der Waals surface area contributed by atoms with Crippen LogP contribution in [-0.2, 0) is 4.74 Å². The number of ether oxygens (including phenoxy) is 1. The van der Waals surface area contributed by atoms with Crippen LogP contribution >= 0.6 is 11.6 Å². The van der Waals surface area contributed by atoms with Crippen LogP contribution in [0.2, 0.25) is 5.02 Å².